The summed E-state index contributed by atoms with van der Waals surface area (Å²) < 4.78 is 0. The third-order valence-corrected chi connectivity index (χ3v) is 2.87. The van der Waals surface area contributed by atoms with Crippen molar-refractivity contribution in [3.05, 3.63) is 65.7 Å². The highest BCUT2D eigenvalue weighted by Crippen LogP contribution is 2.13. The van der Waals surface area contributed by atoms with Crippen LogP contribution in [0.5, 0.6) is 0 Å². The van der Waals surface area contributed by atoms with Gasteiger partial charge in [0, 0.05) is 18.8 Å². The van der Waals surface area contributed by atoms with E-state index in [1.54, 1.807) is 0 Å². The number of benzene rings is 2. The Morgan fingerprint density at radius 2 is 1.50 bits per heavy atom. The smallest absolute Gasteiger partial charge is 0.0447 e. The van der Waals surface area contributed by atoms with Crippen LogP contribution in [0.2, 0.25) is 0 Å². The van der Waals surface area contributed by atoms with Crippen molar-refractivity contribution in [2.24, 2.45) is 0 Å². The first-order valence-electron chi connectivity index (χ1n) is 6.36. The van der Waals surface area contributed by atoms with E-state index in [1.165, 1.54) is 11.1 Å². The van der Waals surface area contributed by atoms with Crippen molar-refractivity contribution in [3.63, 3.8) is 0 Å². The SMILES string of the molecule is OCCCNc1ccc(Cc2ccccc2)cc1. The number of hydrogen-bond acceptors (Lipinski definition) is 2. The highest BCUT2D eigenvalue weighted by Gasteiger charge is 1.96. The molecule has 2 aromatic rings. The van der Waals surface area contributed by atoms with Crippen LogP contribution in [0.25, 0.3) is 0 Å². The molecule has 0 aliphatic rings. The number of aliphatic hydroxyl groups excluding tert-OH is 1. The first kappa shape index (κ1) is 12.7. The second kappa shape index (κ2) is 6.82. The van der Waals surface area contributed by atoms with E-state index in [0.717, 1.165) is 25.1 Å². The Bertz CT molecular complexity index is 450. The third kappa shape index (κ3) is 3.90. The van der Waals surface area contributed by atoms with Gasteiger partial charge in [0.2, 0.25) is 0 Å². The Labute approximate surface area is 108 Å². The maximum atomic E-state index is 8.71. The molecule has 2 nitrogen and oxygen atoms in total. The van der Waals surface area contributed by atoms with Crippen LogP contribution in [0.3, 0.4) is 0 Å². The first-order valence-corrected chi connectivity index (χ1v) is 6.36. The summed E-state index contributed by atoms with van der Waals surface area (Å²) in [6, 6.07) is 19.0. The number of rotatable bonds is 6. The maximum absolute atomic E-state index is 8.71. The lowest BCUT2D eigenvalue weighted by Gasteiger charge is -2.07. The van der Waals surface area contributed by atoms with E-state index >= 15 is 0 Å². The minimum atomic E-state index is 0.235. The summed E-state index contributed by atoms with van der Waals surface area (Å²) in [5.41, 5.74) is 3.76. The van der Waals surface area contributed by atoms with Crippen LogP contribution in [-0.4, -0.2) is 18.3 Å². The Morgan fingerprint density at radius 3 is 2.17 bits per heavy atom. The molecule has 2 N–H and O–H groups in total. The van der Waals surface area contributed by atoms with E-state index < -0.39 is 0 Å². The molecule has 18 heavy (non-hydrogen) atoms. The van der Waals surface area contributed by atoms with E-state index in [4.69, 9.17) is 5.11 Å². The highest BCUT2D eigenvalue weighted by molar-refractivity contribution is 5.45. The van der Waals surface area contributed by atoms with Crippen LogP contribution in [0.15, 0.2) is 54.6 Å². The minimum Gasteiger partial charge on any atom is -0.396 e. The Hall–Kier alpha value is -1.80. The number of hydrogen-bond donors (Lipinski definition) is 2. The summed E-state index contributed by atoms with van der Waals surface area (Å²) in [4.78, 5) is 0. The molecule has 0 atom stereocenters. The zero-order valence-electron chi connectivity index (χ0n) is 10.5. The quantitative estimate of drug-likeness (QED) is 0.762. The molecule has 0 aliphatic heterocycles. The molecule has 2 rings (SSSR count). The Balaban J connectivity index is 1.91. The van der Waals surface area contributed by atoms with Crippen LogP contribution in [-0.2, 0) is 6.42 Å². The average Bonchev–Trinajstić information content (AvgIpc) is 2.42. The van der Waals surface area contributed by atoms with Crippen LogP contribution in [0.4, 0.5) is 5.69 Å². The summed E-state index contributed by atoms with van der Waals surface area (Å²) in [7, 11) is 0. The van der Waals surface area contributed by atoms with Crippen molar-refractivity contribution in [1.82, 2.24) is 0 Å². The van der Waals surface area contributed by atoms with Crippen molar-refractivity contribution >= 4 is 5.69 Å². The molecule has 0 saturated heterocycles. The van der Waals surface area contributed by atoms with E-state index in [0.29, 0.717) is 0 Å². The average molecular weight is 241 g/mol. The Morgan fingerprint density at radius 1 is 0.833 bits per heavy atom. The third-order valence-electron chi connectivity index (χ3n) is 2.87. The largest absolute Gasteiger partial charge is 0.396 e. The van der Waals surface area contributed by atoms with Crippen molar-refractivity contribution in [2.45, 2.75) is 12.8 Å². The van der Waals surface area contributed by atoms with Crippen LogP contribution < -0.4 is 5.32 Å². The predicted octanol–water partition coefficient (Wildman–Crippen LogP) is 3.07. The molecule has 0 unspecified atom stereocenters. The van der Waals surface area contributed by atoms with Gasteiger partial charge in [-0.25, -0.2) is 0 Å². The molecule has 0 radical (unpaired) electrons. The summed E-state index contributed by atoms with van der Waals surface area (Å²) in [5, 5.41) is 12.0. The summed E-state index contributed by atoms with van der Waals surface area (Å²) in [5.74, 6) is 0. The van der Waals surface area contributed by atoms with Gasteiger partial charge in [-0.1, -0.05) is 42.5 Å². The van der Waals surface area contributed by atoms with Crippen LogP contribution >= 0.6 is 0 Å². The molecule has 0 heterocycles. The molecule has 0 amide bonds. The van der Waals surface area contributed by atoms with E-state index in [2.05, 4.69) is 53.8 Å². The van der Waals surface area contributed by atoms with Gasteiger partial charge in [0.05, 0.1) is 0 Å². The van der Waals surface area contributed by atoms with Crippen molar-refractivity contribution in [1.29, 1.82) is 0 Å². The number of aliphatic hydroxyl groups is 1. The summed E-state index contributed by atoms with van der Waals surface area (Å²) in [6.07, 6.45) is 1.75. The lowest BCUT2D eigenvalue weighted by molar-refractivity contribution is 0.292. The van der Waals surface area contributed by atoms with Gasteiger partial charge in [0.25, 0.3) is 0 Å². The van der Waals surface area contributed by atoms with E-state index in [9.17, 15) is 0 Å². The number of anilines is 1. The van der Waals surface area contributed by atoms with Gasteiger partial charge in [-0.05, 0) is 36.1 Å². The van der Waals surface area contributed by atoms with Gasteiger partial charge in [-0.3, -0.25) is 0 Å². The van der Waals surface area contributed by atoms with E-state index in [-0.39, 0.29) is 6.61 Å². The number of nitrogens with one attached hydrogen (secondary N) is 1. The van der Waals surface area contributed by atoms with Crippen LogP contribution in [0, 0.1) is 0 Å². The molecule has 0 spiro atoms. The van der Waals surface area contributed by atoms with Gasteiger partial charge in [0.1, 0.15) is 0 Å². The molecule has 0 bridgehead atoms. The first-order chi connectivity index (χ1) is 8.88. The topological polar surface area (TPSA) is 32.3 Å². The predicted molar refractivity (Wildman–Crippen MR) is 75.9 cm³/mol. The lowest BCUT2D eigenvalue weighted by atomic mass is 10.0. The van der Waals surface area contributed by atoms with Gasteiger partial charge in [-0.2, -0.15) is 0 Å². The molecule has 2 heteroatoms. The van der Waals surface area contributed by atoms with Crippen molar-refractivity contribution < 1.29 is 5.11 Å². The summed E-state index contributed by atoms with van der Waals surface area (Å²) >= 11 is 0. The molecule has 0 saturated carbocycles. The lowest BCUT2D eigenvalue weighted by Crippen LogP contribution is -2.03. The Kier molecular flexibility index (Phi) is 4.79. The summed E-state index contributed by atoms with van der Waals surface area (Å²) in [6.45, 7) is 1.05. The van der Waals surface area contributed by atoms with Gasteiger partial charge in [0.15, 0.2) is 0 Å². The fourth-order valence-corrected chi connectivity index (χ4v) is 1.88. The van der Waals surface area contributed by atoms with Crippen molar-refractivity contribution in [2.75, 3.05) is 18.5 Å². The zero-order valence-corrected chi connectivity index (χ0v) is 10.5. The zero-order chi connectivity index (χ0) is 12.6. The molecule has 2 aromatic carbocycles. The van der Waals surface area contributed by atoms with E-state index in [1.807, 2.05) is 6.07 Å². The molecule has 0 aliphatic carbocycles. The monoisotopic (exact) mass is 241 g/mol. The standard InChI is InChI=1S/C16H19NO/c18-12-4-11-17-16-9-7-15(8-10-16)13-14-5-2-1-3-6-14/h1-3,5-10,17-18H,4,11-13H2. The van der Waals surface area contributed by atoms with Crippen LogP contribution in [0.1, 0.15) is 17.5 Å². The molecular weight excluding hydrogens is 222 g/mol. The second-order valence-electron chi connectivity index (χ2n) is 4.36. The van der Waals surface area contributed by atoms with Gasteiger partial charge < -0.3 is 10.4 Å². The molecule has 0 aromatic heterocycles. The highest BCUT2D eigenvalue weighted by atomic mass is 16.3. The fourth-order valence-electron chi connectivity index (χ4n) is 1.88. The van der Waals surface area contributed by atoms with Crippen molar-refractivity contribution in [3.8, 4) is 0 Å². The van der Waals surface area contributed by atoms with Gasteiger partial charge in [-0.15, -0.1) is 0 Å². The minimum absolute atomic E-state index is 0.235. The van der Waals surface area contributed by atoms with Gasteiger partial charge >= 0.3 is 0 Å². The molecular formula is C16H19NO. The normalized spacial score (nSPS) is 10.3. The maximum Gasteiger partial charge on any atom is 0.0447 e. The second-order valence-corrected chi connectivity index (χ2v) is 4.36. The molecule has 94 valence electrons. The fraction of sp³-hybridized carbons (Fsp3) is 0.250. The molecule has 0 fully saturated rings.